The largest absolute Gasteiger partial charge is 0.480 e. The Kier molecular flexibility index (Phi) is 4.28. The van der Waals surface area contributed by atoms with Crippen LogP contribution in [0.2, 0.25) is 0 Å². The van der Waals surface area contributed by atoms with Gasteiger partial charge in [-0.2, -0.15) is 0 Å². The summed E-state index contributed by atoms with van der Waals surface area (Å²) >= 11 is 1.51. The monoisotopic (exact) mass is 258 g/mol. The zero-order chi connectivity index (χ0) is 12.3. The highest BCUT2D eigenvalue weighted by Gasteiger charge is 2.37. The quantitative estimate of drug-likeness (QED) is 0.755. The summed E-state index contributed by atoms with van der Waals surface area (Å²) in [5.74, 6) is 0.0863. The first kappa shape index (κ1) is 12.7. The normalized spacial score (nSPS) is 30.0. The standard InChI is InChI=1S/C11H18N2O3S/c14-10(8-4-2-1-3-5-12-8)13-7-17-6-9(13)11(15)16/h8-9,12H,1-7H2,(H,15,16)/t8?,9-/m0/s1. The molecule has 0 aromatic heterocycles. The van der Waals surface area contributed by atoms with E-state index in [1.165, 1.54) is 16.7 Å². The van der Waals surface area contributed by atoms with Gasteiger partial charge in [-0.05, 0) is 19.4 Å². The minimum atomic E-state index is -0.892. The van der Waals surface area contributed by atoms with Gasteiger partial charge >= 0.3 is 5.97 Å². The third kappa shape index (κ3) is 2.93. The maximum atomic E-state index is 12.3. The van der Waals surface area contributed by atoms with Crippen molar-refractivity contribution in [2.24, 2.45) is 0 Å². The Morgan fingerprint density at radius 3 is 2.88 bits per heavy atom. The van der Waals surface area contributed by atoms with Crippen molar-refractivity contribution in [3.63, 3.8) is 0 Å². The van der Waals surface area contributed by atoms with Crippen molar-refractivity contribution >= 4 is 23.6 Å². The Balaban J connectivity index is 2.00. The number of amides is 1. The third-order valence-corrected chi connectivity index (χ3v) is 4.32. The first-order chi connectivity index (χ1) is 8.20. The molecule has 0 bridgehead atoms. The molecule has 96 valence electrons. The molecule has 2 heterocycles. The summed E-state index contributed by atoms with van der Waals surface area (Å²) < 4.78 is 0. The van der Waals surface area contributed by atoms with Crippen LogP contribution in [0.15, 0.2) is 0 Å². The van der Waals surface area contributed by atoms with E-state index in [9.17, 15) is 9.59 Å². The second-order valence-electron chi connectivity index (χ2n) is 4.52. The summed E-state index contributed by atoms with van der Waals surface area (Å²) in [5, 5.41) is 12.3. The van der Waals surface area contributed by atoms with E-state index in [1.807, 2.05) is 0 Å². The minimum Gasteiger partial charge on any atom is -0.480 e. The van der Waals surface area contributed by atoms with E-state index >= 15 is 0 Å². The van der Waals surface area contributed by atoms with Crippen LogP contribution >= 0.6 is 11.8 Å². The molecule has 2 atom stereocenters. The number of thioether (sulfide) groups is 1. The van der Waals surface area contributed by atoms with Gasteiger partial charge in [-0.25, -0.2) is 4.79 Å². The Morgan fingerprint density at radius 2 is 2.12 bits per heavy atom. The van der Waals surface area contributed by atoms with Crippen molar-refractivity contribution in [3.05, 3.63) is 0 Å². The second-order valence-corrected chi connectivity index (χ2v) is 5.52. The molecule has 1 unspecified atom stereocenters. The van der Waals surface area contributed by atoms with E-state index < -0.39 is 12.0 Å². The molecule has 17 heavy (non-hydrogen) atoms. The molecule has 0 spiro atoms. The predicted molar refractivity (Wildman–Crippen MR) is 65.9 cm³/mol. The van der Waals surface area contributed by atoms with Crippen LogP contribution in [0, 0.1) is 0 Å². The molecule has 1 amide bonds. The van der Waals surface area contributed by atoms with Gasteiger partial charge in [-0.3, -0.25) is 4.79 Å². The van der Waals surface area contributed by atoms with Crippen LogP contribution in [-0.2, 0) is 9.59 Å². The molecule has 0 aliphatic carbocycles. The highest BCUT2D eigenvalue weighted by molar-refractivity contribution is 7.99. The van der Waals surface area contributed by atoms with Gasteiger partial charge in [-0.1, -0.05) is 12.8 Å². The first-order valence-electron chi connectivity index (χ1n) is 6.04. The Labute approximate surface area is 105 Å². The zero-order valence-electron chi connectivity index (χ0n) is 9.72. The fraction of sp³-hybridized carbons (Fsp3) is 0.818. The SMILES string of the molecule is O=C(O)[C@@H]1CSCN1C(=O)C1CCCCCN1. The van der Waals surface area contributed by atoms with Crippen LogP contribution in [0.1, 0.15) is 25.7 Å². The number of aliphatic carboxylic acids is 1. The highest BCUT2D eigenvalue weighted by Crippen LogP contribution is 2.23. The van der Waals surface area contributed by atoms with Crippen molar-refractivity contribution in [2.45, 2.75) is 37.8 Å². The lowest BCUT2D eigenvalue weighted by Gasteiger charge is -2.25. The summed E-state index contributed by atoms with van der Waals surface area (Å²) in [4.78, 5) is 24.8. The van der Waals surface area contributed by atoms with Gasteiger partial charge in [0.15, 0.2) is 0 Å². The third-order valence-electron chi connectivity index (χ3n) is 3.31. The lowest BCUT2D eigenvalue weighted by Crippen LogP contribution is -2.50. The van der Waals surface area contributed by atoms with Crippen LogP contribution in [0.5, 0.6) is 0 Å². The summed E-state index contributed by atoms with van der Waals surface area (Å²) in [6.45, 7) is 0.856. The molecule has 2 fully saturated rings. The number of hydrogen-bond acceptors (Lipinski definition) is 4. The fourth-order valence-corrected chi connectivity index (χ4v) is 3.46. The number of carbonyl (C=O) groups excluding carboxylic acids is 1. The molecule has 2 N–H and O–H groups in total. The van der Waals surface area contributed by atoms with E-state index in [-0.39, 0.29) is 11.9 Å². The molecule has 6 heteroatoms. The maximum absolute atomic E-state index is 12.3. The summed E-state index contributed by atoms with van der Waals surface area (Å²) in [5.41, 5.74) is 0. The molecular weight excluding hydrogens is 240 g/mol. The van der Waals surface area contributed by atoms with Gasteiger partial charge < -0.3 is 15.3 Å². The highest BCUT2D eigenvalue weighted by atomic mass is 32.2. The Morgan fingerprint density at radius 1 is 1.29 bits per heavy atom. The van der Waals surface area contributed by atoms with Crippen molar-refractivity contribution in [1.82, 2.24) is 10.2 Å². The van der Waals surface area contributed by atoms with Gasteiger partial charge in [-0.15, -0.1) is 11.8 Å². The molecule has 0 aromatic carbocycles. The van der Waals surface area contributed by atoms with Crippen LogP contribution in [0.3, 0.4) is 0 Å². The number of carboxylic acid groups (broad SMARTS) is 1. The van der Waals surface area contributed by atoms with E-state index in [1.54, 1.807) is 0 Å². The summed E-state index contributed by atoms with van der Waals surface area (Å²) in [7, 11) is 0. The van der Waals surface area contributed by atoms with Gasteiger partial charge in [0.25, 0.3) is 0 Å². The molecule has 0 radical (unpaired) electrons. The number of nitrogens with one attached hydrogen (secondary N) is 1. The fourth-order valence-electron chi connectivity index (χ4n) is 2.30. The predicted octanol–water partition coefficient (Wildman–Crippen LogP) is 0.505. The van der Waals surface area contributed by atoms with Crippen LogP contribution < -0.4 is 5.32 Å². The Hall–Kier alpha value is -0.750. The zero-order valence-corrected chi connectivity index (χ0v) is 10.5. The molecule has 2 saturated heterocycles. The number of nitrogens with zero attached hydrogens (tertiary/aromatic N) is 1. The minimum absolute atomic E-state index is 0.0377. The molecular formula is C11H18N2O3S. The average Bonchev–Trinajstić information content (AvgIpc) is 2.64. The second kappa shape index (κ2) is 5.73. The maximum Gasteiger partial charge on any atom is 0.327 e. The topological polar surface area (TPSA) is 69.6 Å². The van der Waals surface area contributed by atoms with Gasteiger partial charge in [0.2, 0.25) is 5.91 Å². The average molecular weight is 258 g/mol. The number of carbonyl (C=O) groups is 2. The van der Waals surface area contributed by atoms with Crippen LogP contribution in [-0.4, -0.2) is 52.1 Å². The first-order valence-corrected chi connectivity index (χ1v) is 7.20. The van der Waals surface area contributed by atoms with Crippen LogP contribution in [0.25, 0.3) is 0 Å². The lowest BCUT2D eigenvalue weighted by molar-refractivity contribution is -0.148. The number of rotatable bonds is 2. The van der Waals surface area contributed by atoms with Crippen molar-refractivity contribution in [2.75, 3.05) is 18.2 Å². The molecule has 5 nitrogen and oxygen atoms in total. The molecule has 0 aromatic rings. The van der Waals surface area contributed by atoms with Gasteiger partial charge in [0.1, 0.15) is 6.04 Å². The molecule has 2 rings (SSSR count). The van der Waals surface area contributed by atoms with Crippen LogP contribution in [0.4, 0.5) is 0 Å². The van der Waals surface area contributed by atoms with E-state index in [0.717, 1.165) is 32.2 Å². The Bertz CT molecular complexity index is 303. The van der Waals surface area contributed by atoms with E-state index in [4.69, 9.17) is 5.11 Å². The molecule has 2 aliphatic heterocycles. The summed E-state index contributed by atoms with van der Waals surface area (Å²) in [6, 6.07) is -0.824. The van der Waals surface area contributed by atoms with Crippen molar-refractivity contribution in [1.29, 1.82) is 0 Å². The number of hydrogen-bond donors (Lipinski definition) is 2. The molecule has 2 aliphatic rings. The van der Waals surface area contributed by atoms with E-state index in [0.29, 0.717) is 11.6 Å². The van der Waals surface area contributed by atoms with Gasteiger partial charge in [0, 0.05) is 5.75 Å². The van der Waals surface area contributed by atoms with E-state index in [2.05, 4.69) is 5.32 Å². The molecule has 0 saturated carbocycles. The summed E-state index contributed by atoms with van der Waals surface area (Å²) in [6.07, 6.45) is 4.11. The van der Waals surface area contributed by atoms with Crippen molar-refractivity contribution in [3.8, 4) is 0 Å². The van der Waals surface area contributed by atoms with Gasteiger partial charge in [0.05, 0.1) is 11.9 Å². The van der Waals surface area contributed by atoms with Crippen molar-refractivity contribution < 1.29 is 14.7 Å². The smallest absolute Gasteiger partial charge is 0.327 e. The lowest BCUT2D eigenvalue weighted by atomic mass is 10.1. The number of carboxylic acids is 1.